The highest BCUT2D eigenvalue weighted by Crippen LogP contribution is 2.38. The summed E-state index contributed by atoms with van der Waals surface area (Å²) in [6.07, 6.45) is 2.53. The van der Waals surface area contributed by atoms with E-state index in [1.165, 1.54) is 5.56 Å². The maximum atomic E-state index is 9.55. The van der Waals surface area contributed by atoms with E-state index in [0.29, 0.717) is 24.4 Å². The van der Waals surface area contributed by atoms with Gasteiger partial charge in [-0.25, -0.2) is 0 Å². The minimum atomic E-state index is -1.53. The van der Waals surface area contributed by atoms with Gasteiger partial charge in [-0.05, 0) is 43.2 Å². The van der Waals surface area contributed by atoms with E-state index in [-0.39, 0.29) is 5.92 Å². The zero-order valence-corrected chi connectivity index (χ0v) is 17.2. The summed E-state index contributed by atoms with van der Waals surface area (Å²) in [6, 6.07) is 16.4. The van der Waals surface area contributed by atoms with Gasteiger partial charge in [-0.15, -0.1) is 0 Å². The van der Waals surface area contributed by atoms with Crippen LogP contribution in [0.1, 0.15) is 35.3 Å². The number of benzene rings is 2. The van der Waals surface area contributed by atoms with Gasteiger partial charge in [0.25, 0.3) is 0 Å². The second-order valence-corrected chi connectivity index (χ2v) is 7.67. The number of ether oxygens (including phenoxy) is 1. The predicted molar refractivity (Wildman–Crippen MR) is 118 cm³/mol. The Balaban J connectivity index is 1.51. The number of hydrogen-bond donors (Lipinski definition) is 3. The van der Waals surface area contributed by atoms with E-state index in [1.54, 1.807) is 18.5 Å². The molecule has 1 aliphatic rings. The molecule has 6 heteroatoms. The molecule has 3 aromatic rings. The van der Waals surface area contributed by atoms with E-state index >= 15 is 0 Å². The molecule has 0 bridgehead atoms. The lowest BCUT2D eigenvalue weighted by atomic mass is 9.92. The van der Waals surface area contributed by atoms with Crippen molar-refractivity contribution in [2.45, 2.75) is 25.6 Å². The molecule has 1 aliphatic heterocycles. The maximum Gasteiger partial charge on any atom is 0.180 e. The normalized spacial score (nSPS) is 15.4. The molecular weight excluding hydrogens is 378 g/mol. The predicted octanol–water partition coefficient (Wildman–Crippen LogP) is 4.12. The average molecular weight is 405 g/mol. The number of rotatable bonds is 6. The number of aromatic nitrogens is 1. The SMILES string of the molecule is Cc1ccc(N(C)c2ccc3c(c2)OCC[C@H]3CNc2cnccc2C(O)O)cc1. The molecule has 0 fully saturated rings. The molecule has 0 spiro atoms. The van der Waals surface area contributed by atoms with Crippen molar-refractivity contribution in [2.75, 3.05) is 30.4 Å². The van der Waals surface area contributed by atoms with E-state index in [4.69, 9.17) is 4.74 Å². The number of nitrogens with one attached hydrogen (secondary N) is 1. The number of aryl methyl sites for hydroxylation is 1. The van der Waals surface area contributed by atoms with Crippen LogP contribution in [-0.4, -0.2) is 35.4 Å². The first-order valence-corrected chi connectivity index (χ1v) is 10.1. The van der Waals surface area contributed by atoms with Crippen LogP contribution < -0.4 is 15.0 Å². The third-order valence-corrected chi connectivity index (χ3v) is 5.64. The van der Waals surface area contributed by atoms with E-state index < -0.39 is 6.29 Å². The van der Waals surface area contributed by atoms with Gasteiger partial charge < -0.3 is 25.2 Å². The quantitative estimate of drug-likeness (QED) is 0.536. The molecule has 1 atom stereocenters. The molecule has 3 N–H and O–H groups in total. The van der Waals surface area contributed by atoms with Crippen LogP contribution in [0, 0.1) is 6.92 Å². The van der Waals surface area contributed by atoms with Crippen LogP contribution in [-0.2, 0) is 0 Å². The van der Waals surface area contributed by atoms with Crippen molar-refractivity contribution in [1.29, 1.82) is 0 Å². The molecule has 6 nitrogen and oxygen atoms in total. The van der Waals surface area contributed by atoms with Gasteiger partial charge in [0.1, 0.15) is 5.75 Å². The van der Waals surface area contributed by atoms with Crippen molar-refractivity contribution in [3.05, 3.63) is 77.6 Å². The van der Waals surface area contributed by atoms with Gasteiger partial charge in [-0.1, -0.05) is 23.8 Å². The number of anilines is 3. The first-order valence-electron chi connectivity index (χ1n) is 10.1. The molecule has 0 saturated heterocycles. The fourth-order valence-corrected chi connectivity index (χ4v) is 3.80. The minimum absolute atomic E-state index is 0.261. The molecule has 0 unspecified atom stereocenters. The first kappa shape index (κ1) is 20.2. The second kappa shape index (κ2) is 8.73. The Bertz CT molecular complexity index is 1000. The van der Waals surface area contributed by atoms with Gasteiger partial charge in [-0.2, -0.15) is 0 Å². The van der Waals surface area contributed by atoms with Crippen LogP contribution in [0.4, 0.5) is 17.1 Å². The van der Waals surface area contributed by atoms with Gasteiger partial charge in [-0.3, -0.25) is 4.98 Å². The molecular formula is C24H27N3O3. The van der Waals surface area contributed by atoms with Crippen molar-refractivity contribution in [3.63, 3.8) is 0 Å². The Morgan fingerprint density at radius 3 is 2.67 bits per heavy atom. The van der Waals surface area contributed by atoms with Crippen molar-refractivity contribution >= 4 is 17.1 Å². The standard InChI is InChI=1S/C24H27N3O3/c1-16-3-5-18(6-4-16)27(2)19-7-8-20-17(10-12-30-23(20)13-19)14-26-22-15-25-11-9-21(22)24(28)29/h3-9,11,13,15,17,24,26,28-29H,10,12,14H2,1-2H3/t17-/m0/s1. The minimum Gasteiger partial charge on any atom is -0.493 e. The number of aliphatic hydroxyl groups is 2. The van der Waals surface area contributed by atoms with Crippen molar-refractivity contribution in [1.82, 2.24) is 4.98 Å². The first-order chi connectivity index (χ1) is 14.5. The zero-order valence-electron chi connectivity index (χ0n) is 17.2. The van der Waals surface area contributed by atoms with Crippen LogP contribution in [0.5, 0.6) is 5.75 Å². The maximum absolute atomic E-state index is 9.55. The third kappa shape index (κ3) is 4.25. The summed E-state index contributed by atoms with van der Waals surface area (Å²) in [6.45, 7) is 3.40. The van der Waals surface area contributed by atoms with Crippen LogP contribution >= 0.6 is 0 Å². The summed E-state index contributed by atoms with van der Waals surface area (Å²) in [7, 11) is 2.05. The number of pyridine rings is 1. The van der Waals surface area contributed by atoms with E-state index in [1.807, 2.05) is 0 Å². The number of nitrogens with zero attached hydrogens (tertiary/aromatic N) is 2. The summed E-state index contributed by atoms with van der Waals surface area (Å²) >= 11 is 0. The van der Waals surface area contributed by atoms with Crippen LogP contribution in [0.15, 0.2) is 60.9 Å². The van der Waals surface area contributed by atoms with Gasteiger partial charge in [0.15, 0.2) is 6.29 Å². The highest BCUT2D eigenvalue weighted by atomic mass is 16.5. The molecule has 1 aromatic heterocycles. The summed E-state index contributed by atoms with van der Waals surface area (Å²) in [4.78, 5) is 6.23. The zero-order chi connectivity index (χ0) is 21.1. The third-order valence-electron chi connectivity index (χ3n) is 5.64. The molecule has 2 aromatic carbocycles. The Labute approximate surface area is 176 Å². The van der Waals surface area contributed by atoms with E-state index in [2.05, 4.69) is 71.6 Å². The Morgan fingerprint density at radius 1 is 1.13 bits per heavy atom. The Hall–Kier alpha value is -3.09. The topological polar surface area (TPSA) is 77.9 Å². The molecule has 0 saturated carbocycles. The molecule has 2 heterocycles. The molecule has 30 heavy (non-hydrogen) atoms. The van der Waals surface area contributed by atoms with Crippen LogP contribution in [0.2, 0.25) is 0 Å². The average Bonchev–Trinajstić information content (AvgIpc) is 2.77. The summed E-state index contributed by atoms with van der Waals surface area (Å²) < 4.78 is 5.97. The molecule has 0 aliphatic carbocycles. The van der Waals surface area contributed by atoms with Gasteiger partial charge in [0.05, 0.1) is 18.5 Å². The van der Waals surface area contributed by atoms with E-state index in [9.17, 15) is 10.2 Å². The van der Waals surface area contributed by atoms with Crippen molar-refractivity contribution in [2.24, 2.45) is 0 Å². The van der Waals surface area contributed by atoms with Crippen LogP contribution in [0.3, 0.4) is 0 Å². The van der Waals surface area contributed by atoms with Crippen molar-refractivity contribution < 1.29 is 14.9 Å². The lowest BCUT2D eigenvalue weighted by molar-refractivity contribution is -0.0419. The largest absolute Gasteiger partial charge is 0.493 e. The monoisotopic (exact) mass is 405 g/mol. The lowest BCUT2D eigenvalue weighted by Crippen LogP contribution is -2.22. The Morgan fingerprint density at radius 2 is 1.90 bits per heavy atom. The highest BCUT2D eigenvalue weighted by Gasteiger charge is 2.23. The van der Waals surface area contributed by atoms with Crippen LogP contribution in [0.25, 0.3) is 0 Å². The Kier molecular flexibility index (Phi) is 5.88. The molecule has 0 radical (unpaired) electrons. The van der Waals surface area contributed by atoms with Crippen molar-refractivity contribution in [3.8, 4) is 5.75 Å². The molecule has 0 amide bonds. The smallest absolute Gasteiger partial charge is 0.180 e. The summed E-state index contributed by atoms with van der Waals surface area (Å²) in [5.41, 5.74) is 5.65. The molecule has 156 valence electrons. The fourth-order valence-electron chi connectivity index (χ4n) is 3.80. The summed E-state index contributed by atoms with van der Waals surface area (Å²) in [5.74, 6) is 1.16. The fraction of sp³-hybridized carbons (Fsp3) is 0.292. The van der Waals surface area contributed by atoms with Gasteiger partial charge >= 0.3 is 0 Å². The second-order valence-electron chi connectivity index (χ2n) is 7.67. The lowest BCUT2D eigenvalue weighted by Gasteiger charge is -2.29. The van der Waals surface area contributed by atoms with E-state index in [0.717, 1.165) is 29.1 Å². The molecule has 4 rings (SSSR count). The highest BCUT2D eigenvalue weighted by molar-refractivity contribution is 5.65. The summed E-state index contributed by atoms with van der Waals surface area (Å²) in [5, 5.41) is 22.4. The number of hydrogen-bond acceptors (Lipinski definition) is 6. The number of aliphatic hydroxyl groups excluding tert-OH is 1. The van der Waals surface area contributed by atoms with Gasteiger partial charge in [0.2, 0.25) is 0 Å². The number of fused-ring (bicyclic) bond motifs is 1. The van der Waals surface area contributed by atoms with Gasteiger partial charge in [0, 0.05) is 48.7 Å².